The lowest BCUT2D eigenvalue weighted by atomic mass is 10.3. The van der Waals surface area contributed by atoms with Crippen molar-refractivity contribution >= 4 is 15.7 Å². The molecule has 20 heavy (non-hydrogen) atoms. The molecule has 1 aromatic heterocycles. The normalized spacial score (nSPS) is 11.3. The second kappa shape index (κ2) is 4.93. The SMILES string of the molecule is COc1ccc(S(=O)(=O)n2ccc(C)n2)cc1[N+](=O)[O-]. The Bertz CT molecular complexity index is 766. The van der Waals surface area contributed by atoms with Crippen LogP contribution in [-0.4, -0.2) is 29.6 Å². The van der Waals surface area contributed by atoms with E-state index in [0.717, 1.165) is 10.2 Å². The smallest absolute Gasteiger partial charge is 0.312 e. The zero-order valence-electron chi connectivity index (χ0n) is 10.7. The van der Waals surface area contributed by atoms with Crippen molar-refractivity contribution in [3.63, 3.8) is 0 Å². The van der Waals surface area contributed by atoms with Gasteiger partial charge in [0, 0.05) is 12.3 Å². The van der Waals surface area contributed by atoms with Crippen LogP contribution in [0.3, 0.4) is 0 Å². The lowest BCUT2D eigenvalue weighted by molar-refractivity contribution is -0.386. The predicted molar refractivity (Wildman–Crippen MR) is 69.2 cm³/mol. The third kappa shape index (κ3) is 2.35. The standard InChI is InChI=1S/C11H11N3O5S/c1-8-5-6-13(12-8)20(17,18)9-3-4-11(19-2)10(7-9)14(15)16/h3-7H,1-2H3. The maximum atomic E-state index is 12.3. The van der Waals surface area contributed by atoms with E-state index in [4.69, 9.17) is 4.74 Å². The summed E-state index contributed by atoms with van der Waals surface area (Å²) in [6, 6.07) is 4.94. The van der Waals surface area contributed by atoms with Crippen molar-refractivity contribution < 1.29 is 18.1 Å². The summed E-state index contributed by atoms with van der Waals surface area (Å²) in [7, 11) is -2.68. The maximum Gasteiger partial charge on any atom is 0.312 e. The van der Waals surface area contributed by atoms with E-state index in [1.54, 1.807) is 6.92 Å². The highest BCUT2D eigenvalue weighted by molar-refractivity contribution is 7.89. The largest absolute Gasteiger partial charge is 0.490 e. The number of hydrogen-bond donors (Lipinski definition) is 0. The van der Waals surface area contributed by atoms with Crippen LogP contribution in [0.2, 0.25) is 0 Å². The number of benzene rings is 1. The lowest BCUT2D eigenvalue weighted by Crippen LogP contribution is -2.14. The van der Waals surface area contributed by atoms with Gasteiger partial charge in [0.05, 0.1) is 22.6 Å². The van der Waals surface area contributed by atoms with Crippen LogP contribution in [0.25, 0.3) is 0 Å². The van der Waals surface area contributed by atoms with E-state index >= 15 is 0 Å². The van der Waals surface area contributed by atoms with Gasteiger partial charge in [-0.1, -0.05) is 0 Å². The van der Waals surface area contributed by atoms with Crippen LogP contribution in [0, 0.1) is 17.0 Å². The van der Waals surface area contributed by atoms with Gasteiger partial charge in [-0.05, 0) is 25.1 Å². The lowest BCUT2D eigenvalue weighted by Gasteiger charge is -2.06. The predicted octanol–water partition coefficient (Wildman–Crippen LogP) is 1.35. The zero-order chi connectivity index (χ0) is 14.9. The van der Waals surface area contributed by atoms with Gasteiger partial charge in [-0.25, -0.2) is 0 Å². The van der Waals surface area contributed by atoms with Gasteiger partial charge in [0.1, 0.15) is 0 Å². The molecule has 0 fully saturated rings. The molecule has 1 heterocycles. The minimum absolute atomic E-state index is 0.00871. The molecular formula is C11H11N3O5S. The topological polar surface area (TPSA) is 104 Å². The van der Waals surface area contributed by atoms with Gasteiger partial charge >= 0.3 is 5.69 Å². The van der Waals surface area contributed by atoms with Gasteiger partial charge in [0.15, 0.2) is 5.75 Å². The highest BCUT2D eigenvalue weighted by atomic mass is 32.2. The number of ether oxygens (including phenoxy) is 1. The monoisotopic (exact) mass is 297 g/mol. The molecule has 2 aromatic rings. The Kier molecular flexibility index (Phi) is 3.45. The van der Waals surface area contributed by atoms with Crippen LogP contribution in [0.5, 0.6) is 5.75 Å². The molecule has 2 rings (SSSR count). The number of nitro benzene ring substituents is 1. The Labute approximate surface area is 114 Å². The fraction of sp³-hybridized carbons (Fsp3) is 0.182. The first-order chi connectivity index (χ1) is 9.36. The highest BCUT2D eigenvalue weighted by Gasteiger charge is 2.23. The molecule has 0 unspecified atom stereocenters. The summed E-state index contributed by atoms with van der Waals surface area (Å²) in [4.78, 5) is 9.98. The molecular weight excluding hydrogens is 286 g/mol. The average molecular weight is 297 g/mol. The third-order valence-corrected chi connectivity index (χ3v) is 4.14. The van der Waals surface area contributed by atoms with Gasteiger partial charge in [0.25, 0.3) is 10.0 Å². The average Bonchev–Trinajstić information content (AvgIpc) is 2.85. The van der Waals surface area contributed by atoms with E-state index in [9.17, 15) is 18.5 Å². The second-order valence-corrected chi connectivity index (χ2v) is 5.72. The molecule has 0 radical (unpaired) electrons. The molecule has 0 saturated heterocycles. The van der Waals surface area contributed by atoms with Crippen LogP contribution in [-0.2, 0) is 10.0 Å². The van der Waals surface area contributed by atoms with Gasteiger partial charge < -0.3 is 4.74 Å². The van der Waals surface area contributed by atoms with Crippen molar-refractivity contribution in [2.24, 2.45) is 0 Å². The molecule has 9 heteroatoms. The Balaban J connectivity index is 2.58. The van der Waals surface area contributed by atoms with E-state index in [2.05, 4.69) is 5.10 Å². The molecule has 8 nitrogen and oxygen atoms in total. The van der Waals surface area contributed by atoms with Gasteiger partial charge in [-0.15, -0.1) is 0 Å². The summed E-state index contributed by atoms with van der Waals surface area (Å²) in [5, 5.41) is 14.7. The number of hydrogen-bond acceptors (Lipinski definition) is 6. The van der Waals surface area contributed by atoms with Crippen LogP contribution >= 0.6 is 0 Å². The van der Waals surface area contributed by atoms with E-state index in [-0.39, 0.29) is 10.6 Å². The number of rotatable bonds is 4. The number of nitro groups is 1. The van der Waals surface area contributed by atoms with E-state index in [1.165, 1.54) is 31.5 Å². The van der Waals surface area contributed by atoms with Crippen LogP contribution in [0.15, 0.2) is 35.4 Å². The summed E-state index contributed by atoms with van der Waals surface area (Å²) in [6.07, 6.45) is 1.28. The summed E-state index contributed by atoms with van der Waals surface area (Å²) < 4.78 is 30.1. The quantitative estimate of drug-likeness (QED) is 0.623. The Morgan fingerprint density at radius 1 is 1.35 bits per heavy atom. The van der Waals surface area contributed by atoms with Crippen LogP contribution < -0.4 is 4.74 Å². The maximum absolute atomic E-state index is 12.3. The minimum Gasteiger partial charge on any atom is -0.490 e. The van der Waals surface area contributed by atoms with Crippen molar-refractivity contribution in [3.05, 3.63) is 46.3 Å². The second-order valence-electron chi connectivity index (χ2n) is 3.93. The van der Waals surface area contributed by atoms with E-state index in [1.807, 2.05) is 0 Å². The summed E-state index contributed by atoms with van der Waals surface area (Å²) in [5.41, 5.74) is 0.106. The van der Waals surface area contributed by atoms with Crippen LogP contribution in [0.4, 0.5) is 5.69 Å². The Hall–Kier alpha value is -2.42. The van der Waals surface area contributed by atoms with Crippen molar-refractivity contribution in [2.75, 3.05) is 7.11 Å². The van der Waals surface area contributed by atoms with E-state index in [0.29, 0.717) is 5.69 Å². The highest BCUT2D eigenvalue weighted by Crippen LogP contribution is 2.29. The number of aromatic nitrogens is 2. The molecule has 106 valence electrons. The Morgan fingerprint density at radius 2 is 2.05 bits per heavy atom. The summed E-state index contributed by atoms with van der Waals surface area (Å²) in [5.74, 6) is -0.00871. The Morgan fingerprint density at radius 3 is 2.55 bits per heavy atom. The minimum atomic E-state index is -3.95. The van der Waals surface area contributed by atoms with E-state index < -0.39 is 20.6 Å². The van der Waals surface area contributed by atoms with Crippen molar-refractivity contribution in [1.82, 2.24) is 9.19 Å². The fourth-order valence-corrected chi connectivity index (χ4v) is 2.78. The molecule has 0 aliphatic heterocycles. The first-order valence-electron chi connectivity index (χ1n) is 5.46. The molecule has 0 saturated carbocycles. The molecule has 0 amide bonds. The third-order valence-electron chi connectivity index (χ3n) is 2.59. The molecule has 1 aromatic carbocycles. The van der Waals surface area contributed by atoms with Gasteiger partial charge in [-0.2, -0.15) is 17.6 Å². The first kappa shape index (κ1) is 14.0. The van der Waals surface area contributed by atoms with Gasteiger partial charge in [-0.3, -0.25) is 10.1 Å². The number of nitrogens with zero attached hydrogens (tertiary/aromatic N) is 3. The fourth-order valence-electron chi connectivity index (χ4n) is 1.61. The number of methoxy groups -OCH3 is 1. The van der Waals surface area contributed by atoms with Crippen LogP contribution in [0.1, 0.15) is 5.69 Å². The molecule has 0 bridgehead atoms. The summed E-state index contributed by atoms with van der Waals surface area (Å²) >= 11 is 0. The number of aryl methyl sites for hydroxylation is 1. The van der Waals surface area contributed by atoms with Crippen molar-refractivity contribution in [2.45, 2.75) is 11.8 Å². The van der Waals surface area contributed by atoms with Gasteiger partial charge in [0.2, 0.25) is 0 Å². The van der Waals surface area contributed by atoms with Crippen molar-refractivity contribution in [1.29, 1.82) is 0 Å². The first-order valence-corrected chi connectivity index (χ1v) is 6.90. The molecule has 0 atom stereocenters. The molecule has 0 aliphatic rings. The summed E-state index contributed by atoms with van der Waals surface area (Å²) in [6.45, 7) is 1.64. The molecule has 0 aliphatic carbocycles. The molecule has 0 N–H and O–H groups in total. The van der Waals surface area contributed by atoms with Crippen molar-refractivity contribution in [3.8, 4) is 5.75 Å². The zero-order valence-corrected chi connectivity index (χ0v) is 11.5. The molecule has 0 spiro atoms.